The molecule has 0 aromatic carbocycles. The molecular formula is C82H132O12. The number of esters is 6. The van der Waals surface area contributed by atoms with E-state index in [1.807, 2.05) is 6.92 Å². The summed E-state index contributed by atoms with van der Waals surface area (Å²) in [6, 6.07) is 0. The van der Waals surface area contributed by atoms with Gasteiger partial charge in [-0.3, -0.25) is 0 Å². The van der Waals surface area contributed by atoms with Crippen molar-refractivity contribution in [2.75, 3.05) is 0 Å². The van der Waals surface area contributed by atoms with E-state index >= 15 is 0 Å². The van der Waals surface area contributed by atoms with Crippen LogP contribution in [0.25, 0.3) is 0 Å². The van der Waals surface area contributed by atoms with Crippen molar-refractivity contribution in [3.63, 3.8) is 0 Å². The van der Waals surface area contributed by atoms with E-state index in [-0.39, 0.29) is 80.3 Å². The number of fused-ring (bicyclic) bond motifs is 9. The van der Waals surface area contributed by atoms with Crippen LogP contribution < -0.4 is 0 Å². The monoisotopic (exact) mass is 1310 g/mol. The van der Waals surface area contributed by atoms with Gasteiger partial charge in [-0.25, -0.2) is 28.8 Å². The fourth-order valence-corrected chi connectivity index (χ4v) is 18.2. The average Bonchev–Trinajstić information content (AvgIpc) is 1.54. The number of carbonyl (C=O) groups is 6. The number of ether oxygens (including phenoxy) is 6. The summed E-state index contributed by atoms with van der Waals surface area (Å²) >= 11 is 0. The van der Waals surface area contributed by atoms with Crippen LogP contribution in [-0.4, -0.2) is 69.4 Å². The van der Waals surface area contributed by atoms with Gasteiger partial charge in [0.15, 0.2) is 0 Å². The first-order chi connectivity index (χ1) is 43.8. The third-order valence-electron chi connectivity index (χ3n) is 24.7. The van der Waals surface area contributed by atoms with E-state index in [4.69, 9.17) is 28.4 Å². The molecule has 12 nitrogen and oxygen atoms in total. The molecule has 0 aromatic rings. The maximum Gasteiger partial charge on any atom is 0.333 e. The molecule has 10 aliphatic rings. The van der Waals surface area contributed by atoms with Gasteiger partial charge < -0.3 is 28.4 Å². The Labute approximate surface area is 571 Å². The van der Waals surface area contributed by atoms with Gasteiger partial charge in [0.05, 0.1) is 0 Å². The van der Waals surface area contributed by atoms with Crippen molar-refractivity contribution in [2.45, 2.75) is 356 Å². The Morgan fingerprint density at radius 1 is 0.319 bits per heavy atom. The van der Waals surface area contributed by atoms with Gasteiger partial charge in [-0.2, -0.15) is 0 Å². The van der Waals surface area contributed by atoms with Crippen LogP contribution >= 0.6 is 0 Å². The fraction of sp³-hybridized carbons (Fsp3) is 0.780. The maximum absolute atomic E-state index is 11.8. The highest BCUT2D eigenvalue weighted by atomic mass is 16.6. The third kappa shape index (κ3) is 21.4. The minimum Gasteiger partial charge on any atom is -0.456 e. The molecule has 10 saturated carbocycles. The largest absolute Gasteiger partial charge is 0.456 e. The minimum absolute atomic E-state index is 0.0930. The summed E-state index contributed by atoms with van der Waals surface area (Å²) in [5.74, 6) is 3.89. The topological polar surface area (TPSA) is 158 Å². The lowest BCUT2D eigenvalue weighted by Crippen LogP contribution is -2.48. The van der Waals surface area contributed by atoms with E-state index in [9.17, 15) is 28.8 Å². The summed E-state index contributed by atoms with van der Waals surface area (Å²) in [5, 5.41) is 0. The molecule has 10 aliphatic carbocycles. The van der Waals surface area contributed by atoms with Gasteiger partial charge in [-0.1, -0.05) is 131 Å². The Kier molecular flexibility index (Phi) is 29.1. The molecule has 0 aliphatic heterocycles. The number of hydrogen-bond acceptors (Lipinski definition) is 12. The van der Waals surface area contributed by atoms with E-state index in [0.717, 1.165) is 87.9 Å². The summed E-state index contributed by atoms with van der Waals surface area (Å²) in [6.07, 6.45) is 40.7. The SMILES string of the molecule is C=C(C)C(=O)OC1(C)CC2CC1C1CCCC21.C=C(C)C(=O)OC1(C)CC2CCC1(C)C2(C)C.C=C(C)C(=O)OC1(C)CC2CCC1C2.C=C(C)C(=O)OC1(C)CCCCCC1.C=C(C)C(=O)OC1(C)CCCCCCC1.C=C(C)C(=O)OC1(C)CCCCCCCCC1. The van der Waals surface area contributed by atoms with E-state index in [1.54, 1.807) is 41.5 Å². The number of carbonyl (C=O) groups excluding carboxylic acids is 6. The van der Waals surface area contributed by atoms with Crippen molar-refractivity contribution in [3.05, 3.63) is 72.9 Å². The summed E-state index contributed by atoms with van der Waals surface area (Å²) in [7, 11) is 0. The Balaban J connectivity index is 0.000000205. The second kappa shape index (κ2) is 34.2. The lowest BCUT2D eigenvalue weighted by atomic mass is 9.65. The standard InChI is InChI=1S/C15H22O2.C15H24O2.C15H26O2.C13H22O2.C12H18O2.C12H20O2/c1-9(2)14(16)17-15(3)8-10-7-13(15)12-6-4-5-11(10)12;1-10(2)12(16)17-15(6)9-11-7-8-14(15,5)13(11,3)4;1-13(2)14(16)17-15(3)11-9-7-5-4-6-8-10-12-15;1-11(2)12(14)15-13(3)9-7-5-4-6-8-10-13;1-8(2)11(13)14-12(3)7-9-4-5-10(12)6-9;1-10(2)11(13)14-12(3)8-6-4-5-7-9-12/h10-13H,1,4-8H2,2-3H3;11H,1,7-9H2,2-6H3;1,4-12H2,2-3H3;1,4-10H2,2-3H3;9-10H,1,4-7H2,2-3H3;1,4-9H2,2-3H3. The van der Waals surface area contributed by atoms with Crippen LogP contribution in [0.1, 0.15) is 322 Å². The molecule has 0 radical (unpaired) electrons. The van der Waals surface area contributed by atoms with E-state index < -0.39 is 0 Å². The zero-order valence-electron chi connectivity index (χ0n) is 62.2. The van der Waals surface area contributed by atoms with Crippen molar-refractivity contribution in [3.8, 4) is 0 Å². The second-order valence-corrected chi connectivity index (χ2v) is 33.5. The van der Waals surface area contributed by atoms with Gasteiger partial charge in [-0.15, -0.1) is 0 Å². The fourth-order valence-electron chi connectivity index (χ4n) is 18.2. The summed E-state index contributed by atoms with van der Waals surface area (Å²) in [5.41, 5.74) is 1.89. The highest BCUT2D eigenvalue weighted by molar-refractivity contribution is 5.89. The zero-order chi connectivity index (χ0) is 70.3. The Morgan fingerprint density at radius 2 is 0.660 bits per heavy atom. The molecular weight excluding hydrogens is 1180 g/mol. The van der Waals surface area contributed by atoms with Gasteiger partial charge in [0.2, 0.25) is 0 Å². The second-order valence-electron chi connectivity index (χ2n) is 33.5. The lowest BCUT2D eigenvalue weighted by molar-refractivity contribution is -0.170. The number of hydrogen-bond donors (Lipinski definition) is 0. The van der Waals surface area contributed by atoms with Crippen LogP contribution in [0.15, 0.2) is 72.9 Å². The van der Waals surface area contributed by atoms with Crippen molar-refractivity contribution < 1.29 is 57.2 Å². The first-order valence-electron chi connectivity index (χ1n) is 37.1. The van der Waals surface area contributed by atoms with Crippen molar-refractivity contribution in [1.82, 2.24) is 0 Å². The average molecular weight is 1310 g/mol. The maximum atomic E-state index is 11.8. The van der Waals surface area contributed by atoms with Crippen LogP contribution in [0.4, 0.5) is 0 Å². The van der Waals surface area contributed by atoms with Gasteiger partial charge in [0.25, 0.3) is 0 Å². The molecule has 94 heavy (non-hydrogen) atoms. The van der Waals surface area contributed by atoms with Gasteiger partial charge >= 0.3 is 35.8 Å². The quantitative estimate of drug-likeness (QED) is 0.0789. The molecule has 0 heterocycles. The minimum atomic E-state index is -0.324. The highest BCUT2D eigenvalue weighted by Crippen LogP contribution is 2.71. The smallest absolute Gasteiger partial charge is 0.333 e. The predicted molar refractivity (Wildman–Crippen MR) is 379 cm³/mol. The molecule has 0 amide bonds. The van der Waals surface area contributed by atoms with Gasteiger partial charge in [-0.05, 0) is 272 Å². The Morgan fingerprint density at radius 3 is 0.979 bits per heavy atom. The molecule has 0 saturated heterocycles. The van der Waals surface area contributed by atoms with Crippen LogP contribution in [0.3, 0.4) is 0 Å². The molecule has 10 fully saturated rings. The van der Waals surface area contributed by atoms with Gasteiger partial charge in [0, 0.05) is 44.8 Å². The van der Waals surface area contributed by atoms with Crippen molar-refractivity contribution in [1.29, 1.82) is 0 Å². The molecule has 6 bridgehead atoms. The van der Waals surface area contributed by atoms with Crippen molar-refractivity contribution >= 4 is 35.8 Å². The first kappa shape index (κ1) is 79.9. The molecule has 0 aromatic heterocycles. The molecule has 532 valence electrons. The van der Waals surface area contributed by atoms with Crippen molar-refractivity contribution in [2.24, 2.45) is 52.3 Å². The first-order valence-corrected chi connectivity index (χ1v) is 37.1. The Bertz CT molecular complexity index is 2680. The van der Waals surface area contributed by atoms with E-state index in [0.29, 0.717) is 51.2 Å². The molecule has 11 unspecified atom stereocenters. The summed E-state index contributed by atoms with van der Waals surface area (Å²) in [6.45, 7) is 51.6. The van der Waals surface area contributed by atoms with Crippen LogP contribution in [0.5, 0.6) is 0 Å². The zero-order valence-corrected chi connectivity index (χ0v) is 62.2. The Hall–Kier alpha value is -4.74. The van der Waals surface area contributed by atoms with Crippen LogP contribution in [0.2, 0.25) is 0 Å². The molecule has 10 rings (SSSR count). The molecule has 12 heteroatoms. The summed E-state index contributed by atoms with van der Waals surface area (Å²) < 4.78 is 33.8. The third-order valence-corrected chi connectivity index (χ3v) is 24.7. The lowest BCUT2D eigenvalue weighted by Gasteiger charge is -2.45. The van der Waals surface area contributed by atoms with E-state index in [2.05, 4.69) is 94.9 Å². The summed E-state index contributed by atoms with van der Waals surface area (Å²) in [4.78, 5) is 69.6. The normalized spacial score (nSPS) is 32.5. The molecule has 0 spiro atoms. The van der Waals surface area contributed by atoms with Crippen LogP contribution in [-0.2, 0) is 57.2 Å². The highest BCUT2D eigenvalue weighted by Gasteiger charge is 2.69. The van der Waals surface area contributed by atoms with Gasteiger partial charge in [0.1, 0.15) is 33.6 Å². The number of rotatable bonds is 12. The van der Waals surface area contributed by atoms with E-state index in [1.165, 1.54) is 154 Å². The van der Waals surface area contributed by atoms with Crippen LogP contribution in [0, 0.1) is 52.3 Å². The predicted octanol–water partition coefficient (Wildman–Crippen LogP) is 20.9. The molecule has 11 atom stereocenters. The molecule has 0 N–H and O–H groups in total.